The van der Waals surface area contributed by atoms with Gasteiger partial charge in [0.1, 0.15) is 5.82 Å². The van der Waals surface area contributed by atoms with Crippen molar-refractivity contribution >= 4 is 23.4 Å². The van der Waals surface area contributed by atoms with E-state index in [1.54, 1.807) is 6.07 Å². The monoisotopic (exact) mass is 353 g/mol. The molecule has 1 spiro atoms. The fourth-order valence-corrected chi connectivity index (χ4v) is 3.82. The highest BCUT2D eigenvalue weighted by Gasteiger charge is 2.53. The minimum absolute atomic E-state index is 0.0946. The number of alkyl halides is 1. The Morgan fingerprint density at radius 2 is 2.00 bits per heavy atom. The molecule has 2 aromatic heterocycles. The quantitative estimate of drug-likeness (QED) is 0.917. The van der Waals surface area contributed by atoms with Gasteiger partial charge in [0.25, 0.3) is 0 Å². The van der Waals surface area contributed by atoms with E-state index in [1.165, 1.54) is 12.5 Å². The Morgan fingerprint density at radius 3 is 2.65 bits per heavy atom. The topological polar surface area (TPSA) is 71.0 Å². The first-order chi connectivity index (χ1) is 12.4. The summed E-state index contributed by atoms with van der Waals surface area (Å²) in [6.07, 6.45) is 5.11. The second-order valence-electron chi connectivity index (χ2n) is 7.79. The Labute approximate surface area is 150 Å². The molecule has 2 aliphatic carbocycles. The van der Waals surface area contributed by atoms with Gasteiger partial charge < -0.3 is 10.2 Å². The van der Waals surface area contributed by atoms with Crippen LogP contribution in [0, 0.1) is 6.92 Å². The average Bonchev–Trinajstić information content (AvgIpc) is 3.48. The van der Waals surface area contributed by atoms with Crippen molar-refractivity contribution in [3.8, 4) is 0 Å². The molecule has 0 radical (unpaired) electrons. The highest BCUT2D eigenvalue weighted by atomic mass is 19.1. The van der Waals surface area contributed by atoms with Crippen molar-refractivity contribution in [1.82, 2.24) is 15.0 Å². The van der Waals surface area contributed by atoms with Crippen LogP contribution in [0.4, 0.5) is 21.8 Å². The molecule has 1 aliphatic heterocycles. The number of fused-ring (bicyclic) bond motifs is 2. The van der Waals surface area contributed by atoms with Gasteiger partial charge in [0.05, 0.1) is 11.4 Å². The normalized spacial score (nSPS) is 20.8. The van der Waals surface area contributed by atoms with Gasteiger partial charge in [0.15, 0.2) is 5.67 Å². The predicted octanol–water partition coefficient (Wildman–Crippen LogP) is 3.28. The Bertz CT molecular complexity index is 936. The number of hydrogen-bond acceptors (Lipinski definition) is 5. The third-order valence-corrected chi connectivity index (χ3v) is 5.59. The minimum Gasteiger partial charge on any atom is -0.311 e. The van der Waals surface area contributed by atoms with E-state index in [-0.39, 0.29) is 11.3 Å². The number of nitrogens with one attached hydrogen (secondary N) is 1. The molecule has 134 valence electrons. The van der Waals surface area contributed by atoms with E-state index >= 15 is 0 Å². The summed E-state index contributed by atoms with van der Waals surface area (Å²) in [5.74, 6) is 0.884. The molecule has 5 rings (SSSR count). The number of rotatable bonds is 3. The van der Waals surface area contributed by atoms with Crippen molar-refractivity contribution < 1.29 is 9.18 Å². The highest BCUT2D eigenvalue weighted by Crippen LogP contribution is 2.58. The second kappa shape index (κ2) is 4.99. The molecule has 0 bridgehead atoms. The number of anilines is 3. The zero-order chi connectivity index (χ0) is 18.1. The first-order valence-electron chi connectivity index (χ1n) is 8.99. The number of carbonyl (C=O) groups is 1. The lowest BCUT2D eigenvalue weighted by molar-refractivity contribution is -0.114. The molecule has 3 heterocycles. The summed E-state index contributed by atoms with van der Waals surface area (Å²) in [6, 6.07) is 3.62. The van der Waals surface area contributed by atoms with Crippen LogP contribution in [0.15, 0.2) is 18.3 Å². The van der Waals surface area contributed by atoms with Gasteiger partial charge in [-0.25, -0.2) is 19.3 Å². The van der Waals surface area contributed by atoms with Crippen LogP contribution in [-0.2, 0) is 15.9 Å². The molecule has 2 fully saturated rings. The molecule has 6 nitrogen and oxygen atoms in total. The van der Waals surface area contributed by atoms with Crippen molar-refractivity contribution in [2.75, 3.05) is 16.8 Å². The molecule has 0 aromatic carbocycles. The molecule has 0 saturated heterocycles. The van der Waals surface area contributed by atoms with E-state index in [2.05, 4.69) is 25.2 Å². The number of carbonyl (C=O) groups excluding carboxylic acids is 1. The summed E-state index contributed by atoms with van der Waals surface area (Å²) >= 11 is 0. The third kappa shape index (κ3) is 2.37. The Balaban J connectivity index is 1.59. The minimum atomic E-state index is -1.29. The van der Waals surface area contributed by atoms with Crippen LogP contribution in [0.5, 0.6) is 0 Å². The molecule has 0 unspecified atom stereocenters. The molecule has 2 aromatic rings. The number of amides is 1. The maximum absolute atomic E-state index is 14.6. The van der Waals surface area contributed by atoms with E-state index < -0.39 is 5.67 Å². The van der Waals surface area contributed by atoms with Gasteiger partial charge in [-0.05, 0) is 38.7 Å². The zero-order valence-corrected chi connectivity index (χ0v) is 14.8. The van der Waals surface area contributed by atoms with Crippen LogP contribution >= 0.6 is 0 Å². The van der Waals surface area contributed by atoms with Crippen LogP contribution in [0.2, 0.25) is 0 Å². The fraction of sp³-hybridized carbons (Fsp3) is 0.474. The van der Waals surface area contributed by atoms with Gasteiger partial charge in [-0.1, -0.05) is 0 Å². The van der Waals surface area contributed by atoms with Crippen LogP contribution in [-0.4, -0.2) is 27.4 Å². The van der Waals surface area contributed by atoms with E-state index in [9.17, 15) is 9.18 Å². The van der Waals surface area contributed by atoms with Crippen LogP contribution in [0.3, 0.4) is 0 Å². The molecule has 2 saturated carbocycles. The third-order valence-electron chi connectivity index (χ3n) is 5.59. The van der Waals surface area contributed by atoms with Crippen LogP contribution in [0.25, 0.3) is 0 Å². The number of aromatic nitrogens is 3. The smallest absolute Gasteiger partial charge is 0.230 e. The molecule has 1 amide bonds. The van der Waals surface area contributed by atoms with Gasteiger partial charge in [-0.3, -0.25) is 4.79 Å². The fourth-order valence-electron chi connectivity index (χ4n) is 3.82. The first kappa shape index (κ1) is 15.7. The summed E-state index contributed by atoms with van der Waals surface area (Å²) in [4.78, 5) is 27.0. The lowest BCUT2D eigenvalue weighted by Gasteiger charge is -2.20. The predicted molar refractivity (Wildman–Crippen MR) is 95.2 cm³/mol. The summed E-state index contributed by atoms with van der Waals surface area (Å²) < 4.78 is 14.6. The zero-order valence-electron chi connectivity index (χ0n) is 14.8. The van der Waals surface area contributed by atoms with Crippen molar-refractivity contribution in [2.24, 2.45) is 0 Å². The van der Waals surface area contributed by atoms with E-state index in [0.29, 0.717) is 30.3 Å². The molecule has 0 atom stereocenters. The number of hydrogen-bond donors (Lipinski definition) is 1. The first-order valence-corrected chi connectivity index (χ1v) is 8.99. The lowest BCUT2D eigenvalue weighted by atomic mass is 10.0. The highest BCUT2D eigenvalue weighted by molar-refractivity contribution is 5.88. The molecule has 7 heteroatoms. The van der Waals surface area contributed by atoms with E-state index in [1.807, 2.05) is 19.2 Å². The molecular formula is C19H20FN5O. The second-order valence-corrected chi connectivity index (χ2v) is 7.79. The Morgan fingerprint density at radius 1 is 1.23 bits per heavy atom. The van der Waals surface area contributed by atoms with Crippen LogP contribution < -0.4 is 10.2 Å². The number of nitrogens with zero attached hydrogens (tertiary/aromatic N) is 4. The summed E-state index contributed by atoms with van der Waals surface area (Å²) in [5.41, 5.74) is 2.18. The Kier molecular flexibility index (Phi) is 3.01. The maximum Gasteiger partial charge on any atom is 0.230 e. The van der Waals surface area contributed by atoms with Crippen molar-refractivity contribution in [2.45, 2.75) is 50.6 Å². The van der Waals surface area contributed by atoms with Gasteiger partial charge in [-0.15, -0.1) is 0 Å². The summed E-state index contributed by atoms with van der Waals surface area (Å²) in [7, 11) is 0. The van der Waals surface area contributed by atoms with Gasteiger partial charge in [0, 0.05) is 42.4 Å². The molecule has 1 N–H and O–H groups in total. The standard InChI is InChI=1S/C19H20FN5O/c1-11-7-15(19(20)5-6-19)24-17(22-11)25-10-18(3-4-18)13-9-21-16(8-14(13)25)23-12(2)26/h7-9H,3-6,10H2,1-2H3,(H,21,23,26). The van der Waals surface area contributed by atoms with E-state index in [0.717, 1.165) is 30.8 Å². The number of pyridine rings is 1. The summed E-state index contributed by atoms with van der Waals surface area (Å²) in [6.45, 7) is 4.11. The maximum atomic E-state index is 14.6. The Hall–Kier alpha value is -2.57. The number of halogens is 1. The van der Waals surface area contributed by atoms with Crippen molar-refractivity contribution in [3.05, 3.63) is 35.3 Å². The molecular weight excluding hydrogens is 333 g/mol. The van der Waals surface area contributed by atoms with Crippen molar-refractivity contribution in [1.29, 1.82) is 0 Å². The summed E-state index contributed by atoms with van der Waals surface area (Å²) in [5, 5.41) is 2.73. The van der Waals surface area contributed by atoms with E-state index in [4.69, 9.17) is 0 Å². The average molecular weight is 353 g/mol. The number of aryl methyl sites for hydroxylation is 1. The lowest BCUT2D eigenvalue weighted by Crippen LogP contribution is -2.22. The van der Waals surface area contributed by atoms with Crippen LogP contribution in [0.1, 0.15) is 49.6 Å². The molecule has 26 heavy (non-hydrogen) atoms. The van der Waals surface area contributed by atoms with Gasteiger partial charge >= 0.3 is 0 Å². The SMILES string of the molecule is CC(=O)Nc1cc2c(cn1)C1(CC1)CN2c1nc(C)cc(C2(F)CC2)n1. The molecule has 3 aliphatic rings. The largest absolute Gasteiger partial charge is 0.311 e. The van der Waals surface area contributed by atoms with Gasteiger partial charge in [0.2, 0.25) is 11.9 Å². The van der Waals surface area contributed by atoms with Crippen molar-refractivity contribution in [3.63, 3.8) is 0 Å². The van der Waals surface area contributed by atoms with Gasteiger partial charge in [-0.2, -0.15) is 0 Å².